The fourth-order valence-electron chi connectivity index (χ4n) is 4.46. The molecule has 0 unspecified atom stereocenters. The molecule has 4 aromatic rings. The third kappa shape index (κ3) is 3.03. The van der Waals surface area contributed by atoms with Crippen LogP contribution in [0.4, 0.5) is 5.69 Å². The molecule has 2 aromatic carbocycles. The molecule has 0 spiro atoms. The highest BCUT2D eigenvalue weighted by Gasteiger charge is 2.30. The van der Waals surface area contributed by atoms with E-state index >= 15 is 0 Å². The molecule has 1 amide bonds. The van der Waals surface area contributed by atoms with Gasteiger partial charge in [0.2, 0.25) is 5.91 Å². The van der Waals surface area contributed by atoms with E-state index in [9.17, 15) is 4.79 Å². The molecule has 0 fully saturated rings. The number of nitrogens with one attached hydrogen (secondary N) is 1. The van der Waals surface area contributed by atoms with Crippen LogP contribution in [-0.4, -0.2) is 20.3 Å². The van der Waals surface area contributed by atoms with Crippen LogP contribution in [0.2, 0.25) is 0 Å². The van der Waals surface area contributed by atoms with Crippen molar-refractivity contribution in [3.05, 3.63) is 83.8 Å². The van der Waals surface area contributed by atoms with Gasteiger partial charge in [-0.3, -0.25) is 9.48 Å². The van der Waals surface area contributed by atoms with Crippen molar-refractivity contribution < 1.29 is 4.79 Å². The van der Waals surface area contributed by atoms with Gasteiger partial charge in [-0.25, -0.2) is 0 Å². The third-order valence-corrected chi connectivity index (χ3v) is 5.72. The molecule has 1 N–H and O–H groups in total. The van der Waals surface area contributed by atoms with Crippen LogP contribution >= 0.6 is 0 Å². The summed E-state index contributed by atoms with van der Waals surface area (Å²) in [6, 6.07) is 18.9. The van der Waals surface area contributed by atoms with Crippen molar-refractivity contribution >= 4 is 22.5 Å². The smallest absolute Gasteiger partial charge is 0.225 e. The number of carbonyl (C=O) groups excluding carboxylic acids is 1. The second kappa shape index (κ2) is 6.92. The zero-order valence-electron chi connectivity index (χ0n) is 16.7. The minimum atomic E-state index is -0.0249. The Kier molecular flexibility index (Phi) is 4.23. The normalized spacial score (nSPS) is 16.2. The molecule has 5 rings (SSSR count). The van der Waals surface area contributed by atoms with Gasteiger partial charge >= 0.3 is 0 Å². The first-order chi connectivity index (χ1) is 14.1. The summed E-state index contributed by atoms with van der Waals surface area (Å²) in [7, 11) is 0. The summed E-state index contributed by atoms with van der Waals surface area (Å²) in [4.78, 5) is 12.7. The van der Waals surface area contributed by atoms with Crippen LogP contribution in [0.15, 0.2) is 67.0 Å². The number of aromatic nitrogens is 3. The second-order valence-corrected chi connectivity index (χ2v) is 8.00. The lowest BCUT2D eigenvalue weighted by molar-refractivity contribution is -0.116. The predicted molar refractivity (Wildman–Crippen MR) is 115 cm³/mol. The fourth-order valence-corrected chi connectivity index (χ4v) is 4.46. The Bertz CT molecular complexity index is 1190. The average Bonchev–Trinajstić information content (AvgIpc) is 3.30. The Hall–Kier alpha value is -3.34. The molecule has 0 radical (unpaired) electrons. The molecule has 29 heavy (non-hydrogen) atoms. The summed E-state index contributed by atoms with van der Waals surface area (Å²) < 4.78 is 4.33. The van der Waals surface area contributed by atoms with Crippen LogP contribution in [0.3, 0.4) is 0 Å². The number of hydrogen-bond acceptors (Lipinski definition) is 2. The topological polar surface area (TPSA) is 51.9 Å². The molecule has 0 bridgehead atoms. The number of hydrogen-bond donors (Lipinski definition) is 1. The zero-order valence-corrected chi connectivity index (χ0v) is 16.7. The van der Waals surface area contributed by atoms with Crippen molar-refractivity contribution in [3.63, 3.8) is 0 Å². The van der Waals surface area contributed by atoms with E-state index in [0.29, 0.717) is 6.42 Å². The molecule has 3 heterocycles. The third-order valence-electron chi connectivity index (χ3n) is 5.72. The predicted octanol–water partition coefficient (Wildman–Crippen LogP) is 4.94. The molecule has 1 aliphatic heterocycles. The average molecular weight is 384 g/mol. The van der Waals surface area contributed by atoms with Gasteiger partial charge in [-0.05, 0) is 43.2 Å². The van der Waals surface area contributed by atoms with Gasteiger partial charge in [0.1, 0.15) is 0 Å². The molecule has 0 saturated heterocycles. The van der Waals surface area contributed by atoms with Crippen LogP contribution in [-0.2, 0) is 11.3 Å². The van der Waals surface area contributed by atoms with E-state index in [0.717, 1.165) is 28.8 Å². The van der Waals surface area contributed by atoms with E-state index in [-0.39, 0.29) is 17.9 Å². The van der Waals surface area contributed by atoms with Crippen molar-refractivity contribution in [2.24, 2.45) is 0 Å². The van der Waals surface area contributed by atoms with Gasteiger partial charge in [-0.2, -0.15) is 5.10 Å². The number of amides is 1. The van der Waals surface area contributed by atoms with E-state index in [1.54, 1.807) is 0 Å². The van der Waals surface area contributed by atoms with Crippen LogP contribution in [0, 0.1) is 0 Å². The summed E-state index contributed by atoms with van der Waals surface area (Å²) in [6.07, 6.45) is 4.48. The van der Waals surface area contributed by atoms with Crippen molar-refractivity contribution in [1.82, 2.24) is 14.3 Å². The fraction of sp³-hybridized carbons (Fsp3) is 0.250. The molecule has 0 saturated carbocycles. The maximum Gasteiger partial charge on any atom is 0.225 e. The highest BCUT2D eigenvalue weighted by molar-refractivity contribution is 6.06. The van der Waals surface area contributed by atoms with Crippen molar-refractivity contribution in [2.75, 3.05) is 5.32 Å². The SMILES string of the molecule is CC(C)n1nccc1[C@@H]1CC(=O)Nc2cccc3c2c1cn3Cc1ccccc1. The molecular weight excluding hydrogens is 360 g/mol. The summed E-state index contributed by atoms with van der Waals surface area (Å²) in [5.74, 6) is 0.0212. The number of nitrogens with zero attached hydrogens (tertiary/aromatic N) is 3. The Morgan fingerprint density at radius 2 is 1.93 bits per heavy atom. The van der Waals surface area contributed by atoms with Crippen molar-refractivity contribution in [1.29, 1.82) is 0 Å². The molecule has 2 aromatic heterocycles. The molecule has 1 aliphatic rings. The molecule has 1 atom stereocenters. The van der Waals surface area contributed by atoms with E-state index in [1.165, 1.54) is 11.1 Å². The first-order valence-electron chi connectivity index (χ1n) is 10.1. The van der Waals surface area contributed by atoms with E-state index in [4.69, 9.17) is 0 Å². The summed E-state index contributed by atoms with van der Waals surface area (Å²) in [6.45, 7) is 5.04. The van der Waals surface area contributed by atoms with Crippen LogP contribution in [0.25, 0.3) is 10.9 Å². The largest absolute Gasteiger partial charge is 0.343 e. The van der Waals surface area contributed by atoms with Gasteiger partial charge in [-0.15, -0.1) is 0 Å². The minimum absolute atomic E-state index is 0.0249. The summed E-state index contributed by atoms with van der Waals surface area (Å²) in [5.41, 5.74) is 5.57. The summed E-state index contributed by atoms with van der Waals surface area (Å²) >= 11 is 0. The number of carbonyl (C=O) groups is 1. The van der Waals surface area contributed by atoms with Gasteiger partial charge in [0.25, 0.3) is 0 Å². The molecule has 0 aliphatic carbocycles. The van der Waals surface area contributed by atoms with Crippen LogP contribution in [0.1, 0.15) is 49.0 Å². The molecule has 5 heteroatoms. The number of benzene rings is 2. The molecule has 146 valence electrons. The monoisotopic (exact) mass is 384 g/mol. The standard InChI is InChI=1S/C24H24N4O/c1-16(2)28-21(11-12-25-28)18-13-23(29)26-20-9-6-10-22-24(20)19(18)15-27(22)14-17-7-4-3-5-8-17/h3-12,15-16,18H,13-14H2,1-2H3,(H,26,29)/t18-/m1/s1. The van der Waals surface area contributed by atoms with Crippen LogP contribution in [0.5, 0.6) is 0 Å². The van der Waals surface area contributed by atoms with Crippen molar-refractivity contribution in [2.45, 2.75) is 38.8 Å². The first kappa shape index (κ1) is 17.7. The Balaban J connectivity index is 1.71. The number of rotatable bonds is 4. The number of anilines is 1. The van der Waals surface area contributed by atoms with Gasteiger partial charge < -0.3 is 9.88 Å². The van der Waals surface area contributed by atoms with E-state index in [1.807, 2.05) is 35.1 Å². The van der Waals surface area contributed by atoms with Gasteiger partial charge in [0, 0.05) is 48.4 Å². The Morgan fingerprint density at radius 3 is 2.72 bits per heavy atom. The summed E-state index contributed by atoms with van der Waals surface area (Å²) in [5, 5.41) is 8.78. The maximum absolute atomic E-state index is 12.7. The van der Waals surface area contributed by atoms with Crippen molar-refractivity contribution in [3.8, 4) is 0 Å². The highest BCUT2D eigenvalue weighted by atomic mass is 16.1. The van der Waals surface area contributed by atoms with E-state index in [2.05, 4.69) is 65.4 Å². The lowest BCUT2D eigenvalue weighted by Crippen LogP contribution is -2.17. The van der Waals surface area contributed by atoms with Crippen LogP contribution < -0.4 is 5.32 Å². The Labute approximate surface area is 170 Å². The minimum Gasteiger partial charge on any atom is -0.343 e. The molecule has 5 nitrogen and oxygen atoms in total. The van der Waals surface area contributed by atoms with Gasteiger partial charge in [0.15, 0.2) is 0 Å². The lowest BCUT2D eigenvalue weighted by Gasteiger charge is -2.18. The zero-order chi connectivity index (χ0) is 20.0. The highest BCUT2D eigenvalue weighted by Crippen LogP contribution is 2.41. The van der Waals surface area contributed by atoms with Gasteiger partial charge in [0.05, 0.1) is 11.2 Å². The lowest BCUT2D eigenvalue weighted by atomic mass is 9.92. The second-order valence-electron chi connectivity index (χ2n) is 8.00. The van der Waals surface area contributed by atoms with E-state index < -0.39 is 0 Å². The quantitative estimate of drug-likeness (QED) is 0.542. The molecular formula is C24H24N4O. The first-order valence-corrected chi connectivity index (χ1v) is 10.1. The maximum atomic E-state index is 12.7. The van der Waals surface area contributed by atoms with Gasteiger partial charge in [-0.1, -0.05) is 36.4 Å². The Morgan fingerprint density at radius 1 is 1.10 bits per heavy atom.